The molecule has 1 aliphatic rings. The van der Waals surface area contributed by atoms with Crippen LogP contribution in [0.3, 0.4) is 0 Å². The number of hydrogen-bond donors (Lipinski definition) is 1. The largest absolute Gasteiger partial charge is 0.486 e. The fourth-order valence-electron chi connectivity index (χ4n) is 3.58. The average Bonchev–Trinajstić information content (AvgIpc) is 2.81. The summed E-state index contributed by atoms with van der Waals surface area (Å²) in [6.07, 6.45) is 6.61. The van der Waals surface area contributed by atoms with Crippen molar-refractivity contribution in [3.63, 3.8) is 0 Å². The SMILES string of the molecule is [2H]C([2H])(OC1=C(Cl)CN(c2cc(-n3ccnc(C(C)(C)O)c3=O)ncc2C)C(C)=C1)c1ncc(F)cc1F. The lowest BCUT2D eigenvalue weighted by Crippen LogP contribution is -2.33. The fourth-order valence-corrected chi connectivity index (χ4v) is 3.79. The zero-order valence-electron chi connectivity index (χ0n) is 21.9. The van der Waals surface area contributed by atoms with Gasteiger partial charge in [-0.2, -0.15) is 0 Å². The molecule has 1 N–H and O–H groups in total. The lowest BCUT2D eigenvalue weighted by Gasteiger charge is -2.31. The topological polar surface area (TPSA) is 93.4 Å². The van der Waals surface area contributed by atoms with E-state index in [9.17, 15) is 18.7 Å². The van der Waals surface area contributed by atoms with Crippen LogP contribution in [0.1, 0.15) is 40.5 Å². The van der Waals surface area contributed by atoms with Crippen molar-refractivity contribution < 1.29 is 21.4 Å². The van der Waals surface area contributed by atoms with Crippen LogP contribution in [0.15, 0.2) is 64.3 Å². The number of rotatable bonds is 6. The molecule has 0 radical (unpaired) electrons. The Morgan fingerprint density at radius 1 is 1.22 bits per heavy atom. The van der Waals surface area contributed by atoms with Crippen LogP contribution < -0.4 is 10.5 Å². The normalized spacial score (nSPS) is 15.4. The van der Waals surface area contributed by atoms with E-state index in [-0.39, 0.29) is 28.8 Å². The van der Waals surface area contributed by atoms with Crippen LogP contribution in [-0.2, 0) is 16.9 Å². The minimum Gasteiger partial charge on any atom is -0.486 e. The summed E-state index contributed by atoms with van der Waals surface area (Å²) in [6.45, 7) is 3.83. The predicted octanol–water partition coefficient (Wildman–Crippen LogP) is 4.23. The lowest BCUT2D eigenvalue weighted by atomic mass is 10.1. The molecule has 8 nitrogen and oxygen atoms in total. The van der Waals surface area contributed by atoms with Crippen LogP contribution in [0.25, 0.3) is 5.82 Å². The van der Waals surface area contributed by atoms with Gasteiger partial charge in [-0.25, -0.2) is 13.8 Å². The number of anilines is 1. The average molecular weight is 518 g/mol. The molecule has 0 aromatic carbocycles. The first-order valence-corrected chi connectivity index (χ1v) is 11.2. The Labute approximate surface area is 214 Å². The van der Waals surface area contributed by atoms with Crippen LogP contribution in [0.5, 0.6) is 0 Å². The Kier molecular flexibility index (Phi) is 6.20. The Balaban J connectivity index is 1.66. The Morgan fingerprint density at radius 2 is 1.97 bits per heavy atom. The first-order valence-electron chi connectivity index (χ1n) is 11.8. The van der Waals surface area contributed by atoms with E-state index in [4.69, 9.17) is 19.1 Å². The number of nitrogens with zero attached hydrogens (tertiary/aromatic N) is 5. The molecule has 1 aliphatic heterocycles. The number of aromatic nitrogens is 4. The van der Waals surface area contributed by atoms with Crippen LogP contribution in [0.2, 0.25) is 0 Å². The van der Waals surface area contributed by atoms with Gasteiger partial charge in [-0.15, -0.1) is 0 Å². The highest BCUT2D eigenvalue weighted by Gasteiger charge is 2.25. The molecule has 11 heteroatoms. The van der Waals surface area contributed by atoms with Gasteiger partial charge in [0.05, 0.1) is 20.5 Å². The summed E-state index contributed by atoms with van der Waals surface area (Å²) in [6, 6.07) is 2.20. The first kappa shape index (κ1) is 22.8. The van der Waals surface area contributed by atoms with Crippen LogP contribution in [0.4, 0.5) is 14.5 Å². The Hall–Kier alpha value is -3.63. The van der Waals surface area contributed by atoms with Gasteiger partial charge < -0.3 is 14.7 Å². The second-order valence-corrected chi connectivity index (χ2v) is 9.12. The fraction of sp³-hybridized carbons (Fsp3) is 0.280. The molecular formula is C25H24ClF2N5O3. The Bertz CT molecular complexity index is 1540. The van der Waals surface area contributed by atoms with Crippen molar-refractivity contribution in [3.8, 4) is 5.82 Å². The number of aryl methyl sites for hydroxylation is 1. The maximum absolute atomic E-state index is 14.2. The number of allylic oxidation sites excluding steroid dienone is 2. The van der Waals surface area contributed by atoms with Gasteiger partial charge in [-0.1, -0.05) is 11.6 Å². The predicted molar refractivity (Wildman–Crippen MR) is 131 cm³/mol. The van der Waals surface area contributed by atoms with Gasteiger partial charge in [-0.05, 0) is 33.3 Å². The van der Waals surface area contributed by atoms with Crippen LogP contribution in [-0.4, -0.2) is 31.2 Å². The van der Waals surface area contributed by atoms with E-state index in [0.717, 1.165) is 5.56 Å². The molecule has 0 fully saturated rings. The van der Waals surface area contributed by atoms with E-state index in [1.54, 1.807) is 19.2 Å². The van der Waals surface area contributed by atoms with E-state index in [0.29, 0.717) is 23.6 Å². The van der Waals surface area contributed by atoms with Crippen molar-refractivity contribution >= 4 is 17.3 Å². The minimum atomic E-state index is -2.73. The van der Waals surface area contributed by atoms with Crippen molar-refractivity contribution in [2.24, 2.45) is 0 Å². The summed E-state index contributed by atoms with van der Waals surface area (Å²) in [7, 11) is 0. The van der Waals surface area contributed by atoms with E-state index in [1.807, 2.05) is 11.8 Å². The number of hydrogen-bond acceptors (Lipinski definition) is 7. The molecule has 0 saturated carbocycles. The van der Waals surface area contributed by atoms with Gasteiger partial charge in [0.15, 0.2) is 5.82 Å². The lowest BCUT2D eigenvalue weighted by molar-refractivity contribution is 0.0718. The molecule has 0 bridgehead atoms. The molecule has 4 heterocycles. The summed E-state index contributed by atoms with van der Waals surface area (Å²) >= 11 is 6.48. The molecule has 4 rings (SSSR count). The van der Waals surface area contributed by atoms with E-state index in [1.165, 1.54) is 36.9 Å². The number of halogens is 3. The highest BCUT2D eigenvalue weighted by Crippen LogP contribution is 2.32. The smallest absolute Gasteiger partial charge is 0.280 e. The van der Waals surface area contributed by atoms with Gasteiger partial charge in [0, 0.05) is 48.2 Å². The number of aliphatic hydroxyl groups is 1. The van der Waals surface area contributed by atoms with Crippen LogP contribution in [0, 0.1) is 18.6 Å². The van der Waals surface area contributed by atoms with Gasteiger partial charge in [0.2, 0.25) is 0 Å². The van der Waals surface area contributed by atoms with Gasteiger partial charge in [0.25, 0.3) is 5.56 Å². The van der Waals surface area contributed by atoms with Crippen molar-refractivity contribution in [1.82, 2.24) is 19.5 Å². The van der Waals surface area contributed by atoms with E-state index in [2.05, 4.69) is 15.0 Å². The molecule has 188 valence electrons. The number of ether oxygens (including phenoxy) is 1. The molecule has 0 unspecified atom stereocenters. The molecular weight excluding hydrogens is 492 g/mol. The maximum atomic E-state index is 14.2. The third-order valence-electron chi connectivity index (χ3n) is 5.41. The summed E-state index contributed by atoms with van der Waals surface area (Å²) in [5.74, 6) is -1.89. The van der Waals surface area contributed by atoms with Crippen molar-refractivity contribution in [2.45, 2.75) is 39.9 Å². The second kappa shape index (κ2) is 9.79. The monoisotopic (exact) mass is 517 g/mol. The molecule has 0 atom stereocenters. The first-order chi connectivity index (χ1) is 17.7. The van der Waals surface area contributed by atoms with Crippen molar-refractivity contribution in [3.05, 3.63) is 98.4 Å². The van der Waals surface area contributed by atoms with E-state index < -0.39 is 35.0 Å². The third-order valence-corrected chi connectivity index (χ3v) is 5.72. The minimum absolute atomic E-state index is 0.0351. The Morgan fingerprint density at radius 3 is 2.67 bits per heavy atom. The molecule has 3 aromatic heterocycles. The zero-order chi connectivity index (χ0) is 28.0. The molecule has 0 spiro atoms. The molecule has 36 heavy (non-hydrogen) atoms. The van der Waals surface area contributed by atoms with Crippen molar-refractivity contribution in [1.29, 1.82) is 0 Å². The summed E-state index contributed by atoms with van der Waals surface area (Å²) in [5, 5.41) is 10.4. The van der Waals surface area contributed by atoms with Gasteiger partial charge in [0.1, 0.15) is 40.9 Å². The second-order valence-electron chi connectivity index (χ2n) is 8.67. The number of pyridine rings is 2. The standard InChI is InChI=1S/C25H24ClF2N5O3/c1-14-10-31-22(32-6-5-29-23(24(32)34)25(3,4)35)9-20(14)33-12-17(26)21(7-15(33)2)36-13-19-18(28)8-16(27)11-30-19/h5-11,35H,12-13H2,1-4H3/i13D2. The molecule has 0 amide bonds. The molecule has 3 aromatic rings. The van der Waals surface area contributed by atoms with E-state index >= 15 is 0 Å². The maximum Gasteiger partial charge on any atom is 0.280 e. The highest BCUT2D eigenvalue weighted by atomic mass is 35.5. The molecule has 0 aliphatic carbocycles. The quantitative estimate of drug-likeness (QED) is 0.523. The zero-order valence-corrected chi connectivity index (χ0v) is 20.6. The van der Waals surface area contributed by atoms with Gasteiger partial charge in [-0.3, -0.25) is 19.3 Å². The van der Waals surface area contributed by atoms with Gasteiger partial charge >= 0.3 is 0 Å². The third kappa shape index (κ3) is 5.14. The molecule has 0 saturated heterocycles. The summed E-state index contributed by atoms with van der Waals surface area (Å²) in [4.78, 5) is 26.7. The van der Waals surface area contributed by atoms with Crippen molar-refractivity contribution in [2.75, 3.05) is 11.4 Å². The van der Waals surface area contributed by atoms with Crippen LogP contribution >= 0.6 is 11.6 Å². The highest BCUT2D eigenvalue weighted by molar-refractivity contribution is 6.30. The summed E-state index contributed by atoms with van der Waals surface area (Å²) in [5.41, 5.74) is -0.708. The summed E-state index contributed by atoms with van der Waals surface area (Å²) < 4.78 is 50.3.